The Bertz CT molecular complexity index is 475. The number of hydrogen-bond acceptors (Lipinski definition) is 3. The topological polar surface area (TPSA) is 78.9 Å². The Morgan fingerprint density at radius 2 is 2.38 bits per heavy atom. The van der Waals surface area contributed by atoms with E-state index < -0.39 is 5.97 Å². The third kappa shape index (κ3) is 1.05. The predicted octanol–water partition coefficient (Wildman–Crippen LogP) is 0.965. The van der Waals surface area contributed by atoms with E-state index in [0.717, 1.165) is 5.56 Å². The second-order valence-electron chi connectivity index (χ2n) is 2.73. The molecular weight excluding hydrogens is 170 g/mol. The molecule has 0 radical (unpaired) electrons. The van der Waals surface area contributed by atoms with E-state index in [0.29, 0.717) is 11.0 Å². The molecule has 0 amide bonds. The maximum absolute atomic E-state index is 10.7. The number of aryl methyl sites for hydroxylation is 1. The minimum atomic E-state index is -1.04. The number of aromatic amines is 1. The van der Waals surface area contributed by atoms with Crippen LogP contribution in [0.15, 0.2) is 12.3 Å². The summed E-state index contributed by atoms with van der Waals surface area (Å²) in [7, 11) is 0. The van der Waals surface area contributed by atoms with E-state index in [4.69, 9.17) is 5.11 Å². The number of hydrogen-bond donors (Lipinski definition) is 2. The fourth-order valence-corrected chi connectivity index (χ4v) is 1.26. The third-order valence-electron chi connectivity index (χ3n) is 1.87. The molecule has 5 nitrogen and oxygen atoms in total. The molecule has 0 unspecified atom stereocenters. The van der Waals surface area contributed by atoms with Crippen molar-refractivity contribution in [3.05, 3.63) is 23.5 Å². The van der Waals surface area contributed by atoms with Crippen molar-refractivity contribution in [3.63, 3.8) is 0 Å². The molecule has 0 saturated carbocycles. The Morgan fingerprint density at radius 1 is 1.62 bits per heavy atom. The van der Waals surface area contributed by atoms with Gasteiger partial charge >= 0.3 is 5.97 Å². The van der Waals surface area contributed by atoms with Crippen LogP contribution < -0.4 is 0 Å². The van der Waals surface area contributed by atoms with Crippen LogP contribution in [0.5, 0.6) is 0 Å². The first-order chi connectivity index (χ1) is 6.20. The van der Waals surface area contributed by atoms with E-state index in [2.05, 4.69) is 15.2 Å². The van der Waals surface area contributed by atoms with Crippen LogP contribution in [0.3, 0.4) is 0 Å². The number of fused-ring (bicyclic) bond motifs is 1. The van der Waals surface area contributed by atoms with Crippen molar-refractivity contribution in [2.24, 2.45) is 0 Å². The van der Waals surface area contributed by atoms with Gasteiger partial charge in [0.1, 0.15) is 0 Å². The Labute approximate surface area is 73.4 Å². The summed E-state index contributed by atoms with van der Waals surface area (Å²) in [5, 5.41) is 15.6. The normalized spacial score (nSPS) is 10.5. The highest BCUT2D eigenvalue weighted by Crippen LogP contribution is 2.17. The molecule has 0 bridgehead atoms. The average molecular weight is 177 g/mol. The standard InChI is InChI=1S/C8H7N3O2/c1-4-2-3-9-7-5(4)6(8(12)13)10-11-7/h2-3H,1H3,(H,12,13)(H,9,10,11). The zero-order chi connectivity index (χ0) is 9.42. The fraction of sp³-hybridized carbons (Fsp3) is 0.125. The first kappa shape index (κ1) is 7.72. The molecule has 0 aliphatic carbocycles. The number of aromatic nitrogens is 3. The number of carbonyl (C=O) groups is 1. The molecule has 13 heavy (non-hydrogen) atoms. The number of nitrogens with one attached hydrogen (secondary N) is 1. The van der Waals surface area contributed by atoms with Gasteiger partial charge in [0, 0.05) is 6.20 Å². The monoisotopic (exact) mass is 177 g/mol. The van der Waals surface area contributed by atoms with E-state index in [1.165, 1.54) is 0 Å². The summed E-state index contributed by atoms with van der Waals surface area (Å²) in [5.74, 6) is -1.04. The van der Waals surface area contributed by atoms with Crippen molar-refractivity contribution in [1.82, 2.24) is 15.2 Å². The largest absolute Gasteiger partial charge is 0.476 e. The van der Waals surface area contributed by atoms with Crippen molar-refractivity contribution in [1.29, 1.82) is 0 Å². The molecule has 2 rings (SSSR count). The van der Waals surface area contributed by atoms with E-state index in [9.17, 15) is 4.79 Å². The molecule has 0 aliphatic rings. The van der Waals surface area contributed by atoms with Gasteiger partial charge < -0.3 is 5.11 Å². The Morgan fingerprint density at radius 3 is 3.08 bits per heavy atom. The lowest BCUT2D eigenvalue weighted by atomic mass is 10.2. The summed E-state index contributed by atoms with van der Waals surface area (Å²) < 4.78 is 0. The molecule has 2 aromatic rings. The van der Waals surface area contributed by atoms with Crippen molar-refractivity contribution in [2.75, 3.05) is 0 Å². The van der Waals surface area contributed by atoms with Gasteiger partial charge in [-0.05, 0) is 18.6 Å². The zero-order valence-corrected chi connectivity index (χ0v) is 6.90. The molecule has 0 aromatic carbocycles. The number of nitrogens with zero attached hydrogens (tertiary/aromatic N) is 2. The van der Waals surface area contributed by atoms with Crippen molar-refractivity contribution in [2.45, 2.75) is 6.92 Å². The summed E-state index contributed by atoms with van der Waals surface area (Å²) in [6.07, 6.45) is 1.61. The van der Waals surface area contributed by atoms with Crippen molar-refractivity contribution < 1.29 is 9.90 Å². The molecule has 66 valence electrons. The number of pyridine rings is 1. The first-order valence-electron chi connectivity index (χ1n) is 3.73. The van der Waals surface area contributed by atoms with Gasteiger partial charge in [-0.3, -0.25) is 5.10 Å². The number of rotatable bonds is 1. The van der Waals surface area contributed by atoms with Crippen molar-refractivity contribution >= 4 is 17.0 Å². The van der Waals surface area contributed by atoms with Gasteiger partial charge in [0.2, 0.25) is 0 Å². The van der Waals surface area contributed by atoms with Crippen LogP contribution in [0, 0.1) is 6.92 Å². The zero-order valence-electron chi connectivity index (χ0n) is 6.90. The predicted molar refractivity (Wildman–Crippen MR) is 45.6 cm³/mol. The highest BCUT2D eigenvalue weighted by molar-refractivity contribution is 6.01. The molecule has 0 atom stereocenters. The molecule has 2 N–H and O–H groups in total. The summed E-state index contributed by atoms with van der Waals surface area (Å²) in [4.78, 5) is 14.7. The SMILES string of the molecule is Cc1ccnc2[nH]nc(C(=O)O)c12. The Balaban J connectivity index is 2.86. The van der Waals surface area contributed by atoms with Crippen LogP contribution in [-0.2, 0) is 0 Å². The van der Waals surface area contributed by atoms with Gasteiger partial charge in [0.05, 0.1) is 5.39 Å². The van der Waals surface area contributed by atoms with Gasteiger partial charge in [-0.15, -0.1) is 0 Å². The van der Waals surface area contributed by atoms with Crippen LogP contribution >= 0.6 is 0 Å². The van der Waals surface area contributed by atoms with Crippen LogP contribution in [0.2, 0.25) is 0 Å². The number of carboxylic acid groups (broad SMARTS) is 1. The van der Waals surface area contributed by atoms with Gasteiger partial charge in [-0.25, -0.2) is 9.78 Å². The summed E-state index contributed by atoms with van der Waals surface area (Å²) >= 11 is 0. The molecular formula is C8H7N3O2. The molecule has 5 heteroatoms. The second kappa shape index (κ2) is 2.55. The highest BCUT2D eigenvalue weighted by atomic mass is 16.4. The minimum Gasteiger partial charge on any atom is -0.476 e. The summed E-state index contributed by atoms with van der Waals surface area (Å²) in [6, 6.07) is 1.75. The minimum absolute atomic E-state index is 0.0283. The average Bonchev–Trinajstić information content (AvgIpc) is 2.49. The fourth-order valence-electron chi connectivity index (χ4n) is 1.26. The summed E-state index contributed by atoms with van der Waals surface area (Å²) in [5.41, 5.74) is 1.40. The molecule has 2 heterocycles. The van der Waals surface area contributed by atoms with E-state index >= 15 is 0 Å². The molecule has 0 saturated heterocycles. The van der Waals surface area contributed by atoms with E-state index in [1.54, 1.807) is 12.3 Å². The molecule has 0 aliphatic heterocycles. The van der Waals surface area contributed by atoms with Gasteiger partial charge in [0.25, 0.3) is 0 Å². The van der Waals surface area contributed by atoms with Crippen LogP contribution in [0.4, 0.5) is 0 Å². The van der Waals surface area contributed by atoms with Crippen LogP contribution in [0.1, 0.15) is 16.1 Å². The highest BCUT2D eigenvalue weighted by Gasteiger charge is 2.14. The lowest BCUT2D eigenvalue weighted by Gasteiger charge is -1.93. The maximum Gasteiger partial charge on any atom is 0.357 e. The Kier molecular flexibility index (Phi) is 1.51. The molecule has 0 fully saturated rings. The third-order valence-corrected chi connectivity index (χ3v) is 1.87. The number of carboxylic acids is 1. The second-order valence-corrected chi connectivity index (χ2v) is 2.73. The smallest absolute Gasteiger partial charge is 0.357 e. The molecule has 2 aromatic heterocycles. The molecule has 0 spiro atoms. The number of aromatic carboxylic acids is 1. The van der Waals surface area contributed by atoms with Crippen LogP contribution in [0.25, 0.3) is 11.0 Å². The van der Waals surface area contributed by atoms with Gasteiger partial charge in [-0.1, -0.05) is 0 Å². The van der Waals surface area contributed by atoms with E-state index in [1.807, 2.05) is 6.92 Å². The van der Waals surface area contributed by atoms with Gasteiger partial charge in [0.15, 0.2) is 11.3 Å². The summed E-state index contributed by atoms with van der Waals surface area (Å²) in [6.45, 7) is 1.83. The van der Waals surface area contributed by atoms with Crippen molar-refractivity contribution in [3.8, 4) is 0 Å². The first-order valence-corrected chi connectivity index (χ1v) is 3.73. The van der Waals surface area contributed by atoms with E-state index in [-0.39, 0.29) is 5.69 Å². The number of H-pyrrole nitrogens is 1. The Hall–Kier alpha value is -1.91. The maximum atomic E-state index is 10.7. The lowest BCUT2D eigenvalue weighted by Crippen LogP contribution is -1.97. The van der Waals surface area contributed by atoms with Crippen LogP contribution in [-0.4, -0.2) is 26.3 Å². The lowest BCUT2D eigenvalue weighted by molar-refractivity contribution is 0.0692. The van der Waals surface area contributed by atoms with Gasteiger partial charge in [-0.2, -0.15) is 5.10 Å². The quantitative estimate of drug-likeness (QED) is 0.680.